The van der Waals surface area contributed by atoms with Crippen LogP contribution in [0, 0.1) is 6.92 Å². The predicted molar refractivity (Wildman–Crippen MR) is 68.1 cm³/mol. The molecule has 0 radical (unpaired) electrons. The second kappa shape index (κ2) is 5.29. The highest BCUT2D eigenvalue weighted by Gasteiger charge is 2.05. The maximum Gasteiger partial charge on any atom is 0.0834 e. The molecule has 0 spiro atoms. The number of rotatable bonds is 4. The molecule has 4 nitrogen and oxygen atoms in total. The first kappa shape index (κ1) is 12.1. The number of pyridine rings is 1. The Morgan fingerprint density at radius 3 is 2.71 bits per heavy atom. The fraction of sp³-hybridized carbons (Fsp3) is 0.333. The van der Waals surface area contributed by atoms with Crippen molar-refractivity contribution in [2.45, 2.75) is 20.0 Å². The summed E-state index contributed by atoms with van der Waals surface area (Å²) in [5, 5.41) is 7.98. The van der Waals surface area contributed by atoms with E-state index in [0.29, 0.717) is 11.6 Å². The van der Waals surface area contributed by atoms with E-state index in [-0.39, 0.29) is 0 Å². The Hall–Kier alpha value is -1.39. The van der Waals surface area contributed by atoms with Gasteiger partial charge < -0.3 is 5.32 Å². The zero-order chi connectivity index (χ0) is 12.3. The maximum absolute atomic E-state index is 5.95. The van der Waals surface area contributed by atoms with Crippen LogP contribution in [0.25, 0.3) is 0 Å². The average Bonchev–Trinajstić information content (AvgIpc) is 2.64. The molecule has 1 N–H and O–H groups in total. The Morgan fingerprint density at radius 1 is 1.35 bits per heavy atom. The van der Waals surface area contributed by atoms with E-state index in [1.165, 1.54) is 5.56 Å². The molecule has 2 aromatic rings. The largest absolute Gasteiger partial charge is 0.316 e. The molecule has 0 amide bonds. The summed E-state index contributed by atoms with van der Waals surface area (Å²) in [6, 6.07) is 4.08. The van der Waals surface area contributed by atoms with Gasteiger partial charge in [0.15, 0.2) is 0 Å². The molecule has 0 aliphatic rings. The van der Waals surface area contributed by atoms with E-state index in [0.717, 1.165) is 17.9 Å². The van der Waals surface area contributed by atoms with E-state index in [1.807, 2.05) is 30.9 Å². The third kappa shape index (κ3) is 2.84. The first-order valence-corrected chi connectivity index (χ1v) is 5.85. The molecule has 0 unspecified atom stereocenters. The number of halogens is 1. The van der Waals surface area contributed by atoms with Gasteiger partial charge in [0.1, 0.15) is 0 Å². The van der Waals surface area contributed by atoms with E-state index in [2.05, 4.69) is 21.5 Å². The van der Waals surface area contributed by atoms with Gasteiger partial charge in [-0.2, -0.15) is 5.10 Å². The number of aromatic nitrogens is 3. The average molecular weight is 251 g/mol. The molecule has 0 aromatic carbocycles. The third-order valence-electron chi connectivity index (χ3n) is 2.62. The molecule has 0 aliphatic carbocycles. The molecule has 0 bridgehead atoms. The van der Waals surface area contributed by atoms with Crippen LogP contribution in [-0.4, -0.2) is 21.8 Å². The minimum Gasteiger partial charge on any atom is -0.316 e. The van der Waals surface area contributed by atoms with E-state index in [9.17, 15) is 0 Å². The SMILES string of the molecule is CNCc1ccc(Cn2ncc(Cl)c2C)nc1. The van der Waals surface area contributed by atoms with Gasteiger partial charge in [0.05, 0.1) is 29.2 Å². The Balaban J connectivity index is 2.11. The van der Waals surface area contributed by atoms with Crippen molar-refractivity contribution in [2.75, 3.05) is 7.05 Å². The molecule has 0 aliphatic heterocycles. The molecule has 0 atom stereocenters. The van der Waals surface area contributed by atoms with Crippen LogP contribution in [0.4, 0.5) is 0 Å². The Bertz CT molecular complexity index is 490. The van der Waals surface area contributed by atoms with E-state index >= 15 is 0 Å². The monoisotopic (exact) mass is 250 g/mol. The zero-order valence-corrected chi connectivity index (χ0v) is 10.7. The van der Waals surface area contributed by atoms with Gasteiger partial charge in [0.2, 0.25) is 0 Å². The lowest BCUT2D eigenvalue weighted by Crippen LogP contribution is -2.08. The van der Waals surface area contributed by atoms with Crippen LogP contribution in [0.1, 0.15) is 17.0 Å². The lowest BCUT2D eigenvalue weighted by Gasteiger charge is -2.05. The standard InChI is InChI=1S/C12H15ClN4/c1-9-12(13)7-16-17(9)8-11-4-3-10(5-14-2)6-15-11/h3-4,6-7,14H,5,8H2,1-2H3. The Kier molecular flexibility index (Phi) is 3.76. The quantitative estimate of drug-likeness (QED) is 0.903. The summed E-state index contributed by atoms with van der Waals surface area (Å²) in [5.74, 6) is 0. The van der Waals surface area contributed by atoms with Crippen molar-refractivity contribution in [2.24, 2.45) is 0 Å². The van der Waals surface area contributed by atoms with Gasteiger partial charge in [-0.15, -0.1) is 0 Å². The number of nitrogens with one attached hydrogen (secondary N) is 1. The summed E-state index contributed by atoms with van der Waals surface area (Å²) >= 11 is 5.95. The van der Waals surface area contributed by atoms with Crippen molar-refractivity contribution in [1.82, 2.24) is 20.1 Å². The van der Waals surface area contributed by atoms with Crippen LogP contribution in [0.2, 0.25) is 5.02 Å². The van der Waals surface area contributed by atoms with Crippen molar-refractivity contribution < 1.29 is 0 Å². The van der Waals surface area contributed by atoms with Gasteiger partial charge in [0, 0.05) is 12.7 Å². The van der Waals surface area contributed by atoms with Crippen molar-refractivity contribution >= 4 is 11.6 Å². The first-order valence-electron chi connectivity index (χ1n) is 5.47. The topological polar surface area (TPSA) is 42.7 Å². The molecule has 2 heterocycles. The lowest BCUT2D eigenvalue weighted by molar-refractivity contribution is 0.651. The molecule has 2 aromatic heterocycles. The number of hydrogen-bond acceptors (Lipinski definition) is 3. The smallest absolute Gasteiger partial charge is 0.0834 e. The van der Waals surface area contributed by atoms with Crippen LogP contribution in [0.15, 0.2) is 24.5 Å². The summed E-state index contributed by atoms with van der Waals surface area (Å²) in [4.78, 5) is 4.40. The molecule has 2 rings (SSSR count). The molecular formula is C12H15ClN4. The molecule has 0 fully saturated rings. The van der Waals surface area contributed by atoms with Gasteiger partial charge >= 0.3 is 0 Å². The highest BCUT2D eigenvalue weighted by molar-refractivity contribution is 6.31. The fourth-order valence-electron chi connectivity index (χ4n) is 1.59. The second-order valence-corrected chi connectivity index (χ2v) is 4.33. The molecule has 17 heavy (non-hydrogen) atoms. The normalized spacial score (nSPS) is 10.8. The summed E-state index contributed by atoms with van der Waals surface area (Å²) in [6.45, 7) is 3.43. The zero-order valence-electron chi connectivity index (χ0n) is 9.94. The predicted octanol–water partition coefficient (Wildman–Crippen LogP) is 2.01. The van der Waals surface area contributed by atoms with Crippen LogP contribution in [0.3, 0.4) is 0 Å². The molecule has 90 valence electrons. The van der Waals surface area contributed by atoms with Crippen LogP contribution < -0.4 is 5.32 Å². The summed E-state index contributed by atoms with van der Waals surface area (Å²) in [7, 11) is 1.92. The minimum atomic E-state index is 0.651. The highest BCUT2D eigenvalue weighted by atomic mass is 35.5. The van der Waals surface area contributed by atoms with Crippen molar-refractivity contribution in [1.29, 1.82) is 0 Å². The molecule has 0 saturated heterocycles. The lowest BCUT2D eigenvalue weighted by atomic mass is 10.2. The highest BCUT2D eigenvalue weighted by Crippen LogP contribution is 2.14. The third-order valence-corrected chi connectivity index (χ3v) is 2.99. The van der Waals surface area contributed by atoms with E-state index in [4.69, 9.17) is 11.6 Å². The van der Waals surface area contributed by atoms with Gasteiger partial charge in [-0.1, -0.05) is 17.7 Å². The van der Waals surface area contributed by atoms with E-state index < -0.39 is 0 Å². The first-order chi connectivity index (χ1) is 8.20. The Morgan fingerprint density at radius 2 is 2.18 bits per heavy atom. The molecular weight excluding hydrogens is 236 g/mol. The van der Waals surface area contributed by atoms with Gasteiger partial charge in [-0.05, 0) is 25.6 Å². The second-order valence-electron chi connectivity index (χ2n) is 3.92. The summed E-state index contributed by atoms with van der Waals surface area (Å²) in [6.07, 6.45) is 3.54. The van der Waals surface area contributed by atoms with E-state index in [1.54, 1.807) is 6.20 Å². The van der Waals surface area contributed by atoms with Crippen LogP contribution in [0.5, 0.6) is 0 Å². The van der Waals surface area contributed by atoms with Crippen molar-refractivity contribution in [3.8, 4) is 0 Å². The van der Waals surface area contributed by atoms with Gasteiger partial charge in [0.25, 0.3) is 0 Å². The van der Waals surface area contributed by atoms with Crippen molar-refractivity contribution in [3.63, 3.8) is 0 Å². The summed E-state index contributed by atoms with van der Waals surface area (Å²) in [5.41, 5.74) is 3.12. The van der Waals surface area contributed by atoms with Gasteiger partial charge in [-0.3, -0.25) is 9.67 Å². The van der Waals surface area contributed by atoms with Crippen LogP contribution >= 0.6 is 11.6 Å². The van der Waals surface area contributed by atoms with Gasteiger partial charge in [-0.25, -0.2) is 0 Å². The fourth-order valence-corrected chi connectivity index (χ4v) is 1.74. The number of hydrogen-bond donors (Lipinski definition) is 1. The maximum atomic E-state index is 5.95. The Labute approximate surface area is 106 Å². The van der Waals surface area contributed by atoms with Crippen LogP contribution in [-0.2, 0) is 13.1 Å². The molecule has 0 saturated carbocycles. The minimum absolute atomic E-state index is 0.651. The summed E-state index contributed by atoms with van der Waals surface area (Å²) < 4.78 is 1.85. The number of nitrogens with zero attached hydrogens (tertiary/aromatic N) is 3. The molecule has 5 heteroatoms. The van der Waals surface area contributed by atoms with Crippen molar-refractivity contribution in [3.05, 3.63) is 46.5 Å².